The summed E-state index contributed by atoms with van der Waals surface area (Å²) in [6.07, 6.45) is -4.98. The van der Waals surface area contributed by atoms with Gasteiger partial charge in [0, 0.05) is 32.7 Å². The number of rotatable bonds is 7. The van der Waals surface area contributed by atoms with Crippen LogP contribution in [0, 0.1) is 94.3 Å². The molecule has 0 aliphatic rings. The zero-order valence-electron chi connectivity index (χ0n) is 44.2. The number of aromatic nitrogens is 2. The van der Waals surface area contributed by atoms with E-state index in [-0.39, 0.29) is 73.1 Å². The third-order valence-electron chi connectivity index (χ3n) is 15.2. The molecule has 15 heteroatoms. The average Bonchev–Trinajstić information content (AvgIpc) is 1.87. The molecule has 2 aromatic heterocycles. The Morgan fingerprint density at radius 3 is 1.16 bits per heavy atom. The maximum atomic E-state index is 15.4. The molecule has 0 unspecified atom stereocenters. The predicted molar refractivity (Wildman–Crippen MR) is 321 cm³/mol. The number of hydrogen-bond donors (Lipinski definition) is 0. The molecule has 0 saturated heterocycles. The van der Waals surface area contributed by atoms with Gasteiger partial charge < -0.3 is 9.13 Å². The summed E-state index contributed by atoms with van der Waals surface area (Å²) < 4.78 is 50.0. The molecule has 2 heterocycles. The third kappa shape index (κ3) is 8.64. The predicted octanol–water partition coefficient (Wildman–Crippen LogP) is 18.7. The van der Waals surface area contributed by atoms with E-state index in [1.165, 1.54) is 42.5 Å². The van der Waals surface area contributed by atoms with Gasteiger partial charge in [-0.1, -0.05) is 72.8 Å². The van der Waals surface area contributed by atoms with Gasteiger partial charge in [-0.2, -0.15) is 44.7 Å². The molecule has 0 spiro atoms. The van der Waals surface area contributed by atoms with Crippen LogP contribution in [0.3, 0.4) is 0 Å². The highest BCUT2D eigenvalue weighted by Gasteiger charge is 2.36. The SMILES string of the molecule is [C-]#[N+]c1ccc(-c2ccc3c(c2)c2cc(-c4ccc(C#N)cc4[N+]#[C-])ccc2n3-c2cc([N+]#[C-])c(-c3c([N+]#[C-])cccc3C(F)(F)F)cc2-n2c3ccc(-c4ccc(C#N)cc4C#N)cc3c3cc(-c4ccc(C#N)cc4C#N)ccc32)c(C#N)c1. The largest absolute Gasteiger partial charge is 0.415 e. The van der Waals surface area contributed by atoms with Gasteiger partial charge in [-0.3, -0.25) is 0 Å². The zero-order chi connectivity index (χ0) is 60.1. The minimum Gasteiger partial charge on any atom is -0.308 e. The van der Waals surface area contributed by atoms with Crippen LogP contribution in [-0.4, -0.2) is 9.13 Å². The quantitative estimate of drug-likeness (QED) is 0.144. The number of nitrogens with zero attached hydrogens (tertiary/aromatic N) is 12. The highest BCUT2D eigenvalue weighted by molar-refractivity contribution is 6.15. The van der Waals surface area contributed by atoms with Gasteiger partial charge in [0.2, 0.25) is 0 Å². The molecule has 0 bridgehead atoms. The minimum absolute atomic E-state index is 0.196. The van der Waals surface area contributed by atoms with E-state index in [2.05, 4.69) is 55.8 Å². The van der Waals surface area contributed by atoms with E-state index >= 15 is 13.2 Å². The number of hydrogen-bond acceptors (Lipinski definition) is 6. The Labute approximate surface area is 488 Å². The Hall–Kier alpha value is -13.5. The van der Waals surface area contributed by atoms with Crippen LogP contribution in [0.5, 0.6) is 0 Å². The fourth-order valence-corrected chi connectivity index (χ4v) is 11.4. The van der Waals surface area contributed by atoms with E-state index in [0.29, 0.717) is 88.1 Å². The first-order valence-electron chi connectivity index (χ1n) is 25.8. The van der Waals surface area contributed by atoms with Gasteiger partial charge in [0.1, 0.15) is 0 Å². The van der Waals surface area contributed by atoms with Gasteiger partial charge in [0.05, 0.1) is 124 Å². The fourth-order valence-electron chi connectivity index (χ4n) is 11.4. The lowest BCUT2D eigenvalue weighted by atomic mass is 9.94. The Morgan fingerprint density at radius 1 is 0.349 bits per heavy atom. The van der Waals surface area contributed by atoms with Crippen LogP contribution in [-0.2, 0) is 6.18 Å². The summed E-state index contributed by atoms with van der Waals surface area (Å²) >= 11 is 0. The summed E-state index contributed by atoms with van der Waals surface area (Å²) in [5.41, 5.74) is 6.52. The lowest BCUT2D eigenvalue weighted by Crippen LogP contribution is -2.08. The van der Waals surface area contributed by atoms with Crippen molar-refractivity contribution in [3.63, 3.8) is 0 Å². The second-order valence-corrected chi connectivity index (χ2v) is 19.8. The van der Waals surface area contributed by atoms with Gasteiger partial charge in [-0.15, -0.1) is 0 Å². The molecule has 10 aromatic carbocycles. The normalized spacial score (nSPS) is 10.8. The van der Waals surface area contributed by atoms with Crippen molar-refractivity contribution in [2.45, 2.75) is 6.18 Å². The Bertz CT molecular complexity index is 5230. The van der Waals surface area contributed by atoms with Crippen molar-refractivity contribution in [2.75, 3.05) is 0 Å². The summed E-state index contributed by atoms with van der Waals surface area (Å²) in [7, 11) is 0. The van der Waals surface area contributed by atoms with Gasteiger partial charge in [-0.25, -0.2) is 19.4 Å². The fraction of sp³-hybridized carbons (Fsp3) is 0.0141. The molecule has 0 atom stereocenters. The molecule has 0 saturated carbocycles. The molecule has 0 aliphatic heterocycles. The van der Waals surface area contributed by atoms with Crippen LogP contribution >= 0.6 is 0 Å². The first-order chi connectivity index (χ1) is 41.8. The topological polar surface area (TPSA) is 170 Å². The molecule has 0 fully saturated rings. The van der Waals surface area contributed by atoms with E-state index in [9.17, 15) is 31.6 Å². The second kappa shape index (κ2) is 20.9. The maximum absolute atomic E-state index is 15.4. The molecule has 86 heavy (non-hydrogen) atoms. The van der Waals surface area contributed by atoms with Gasteiger partial charge >= 0.3 is 6.18 Å². The monoisotopic (exact) mass is 1110 g/mol. The van der Waals surface area contributed by atoms with Crippen molar-refractivity contribution < 1.29 is 13.2 Å². The van der Waals surface area contributed by atoms with E-state index in [4.69, 9.17) is 26.3 Å². The third-order valence-corrected chi connectivity index (χ3v) is 15.2. The van der Waals surface area contributed by atoms with Gasteiger partial charge in [-0.05, 0) is 159 Å². The Kier molecular flexibility index (Phi) is 12.9. The summed E-state index contributed by atoms with van der Waals surface area (Å²) in [6, 6.07) is 60.1. The molecular weight excluding hydrogens is 1080 g/mol. The lowest BCUT2D eigenvalue weighted by Gasteiger charge is -2.22. The summed E-state index contributed by atoms with van der Waals surface area (Å²) in [5, 5.41) is 62.8. The van der Waals surface area contributed by atoms with Crippen molar-refractivity contribution in [1.82, 2.24) is 9.13 Å². The van der Waals surface area contributed by atoms with Crippen molar-refractivity contribution >= 4 is 66.4 Å². The molecule has 12 aromatic rings. The Balaban J connectivity index is 1.25. The highest BCUT2D eigenvalue weighted by Crippen LogP contribution is 2.50. The van der Waals surface area contributed by atoms with Crippen LogP contribution in [0.15, 0.2) is 176 Å². The van der Waals surface area contributed by atoms with E-state index in [1.807, 2.05) is 45.5 Å². The van der Waals surface area contributed by atoms with Crippen molar-refractivity contribution in [3.8, 4) is 103 Å². The van der Waals surface area contributed by atoms with E-state index in [1.54, 1.807) is 84.9 Å². The second-order valence-electron chi connectivity index (χ2n) is 19.8. The number of nitriles is 6. The number of fused-ring (bicyclic) bond motifs is 6. The first-order valence-corrected chi connectivity index (χ1v) is 25.8. The molecule has 394 valence electrons. The molecule has 12 rings (SSSR count). The number of halogens is 3. The van der Waals surface area contributed by atoms with Crippen LogP contribution in [0.2, 0.25) is 0 Å². The first kappa shape index (κ1) is 53.1. The average molecular weight is 1110 g/mol. The van der Waals surface area contributed by atoms with Crippen LogP contribution in [0.4, 0.5) is 35.9 Å². The maximum Gasteiger partial charge on any atom is 0.415 e. The summed E-state index contributed by atoms with van der Waals surface area (Å²) in [6.45, 7) is 32.6. The molecule has 0 N–H and O–H groups in total. The molecule has 0 amide bonds. The van der Waals surface area contributed by atoms with Crippen LogP contribution in [0.25, 0.3) is 130 Å². The number of alkyl halides is 3. The molecular formula is C71H29F3N12. The van der Waals surface area contributed by atoms with Crippen molar-refractivity contribution in [3.05, 3.63) is 261 Å². The van der Waals surface area contributed by atoms with Gasteiger partial charge in [0.25, 0.3) is 0 Å². The highest BCUT2D eigenvalue weighted by atomic mass is 19.4. The zero-order valence-corrected chi connectivity index (χ0v) is 44.2. The van der Waals surface area contributed by atoms with Crippen LogP contribution in [0.1, 0.15) is 38.9 Å². The summed E-state index contributed by atoms with van der Waals surface area (Å²) in [4.78, 5) is 14.8. The number of benzene rings is 10. The molecule has 0 radical (unpaired) electrons. The van der Waals surface area contributed by atoms with E-state index < -0.39 is 17.3 Å². The van der Waals surface area contributed by atoms with E-state index in [0.717, 1.165) is 12.1 Å². The molecule has 12 nitrogen and oxygen atoms in total. The van der Waals surface area contributed by atoms with Gasteiger partial charge in [0.15, 0.2) is 22.7 Å². The van der Waals surface area contributed by atoms with Crippen LogP contribution < -0.4 is 0 Å². The summed E-state index contributed by atoms with van der Waals surface area (Å²) in [5.74, 6) is 0. The Morgan fingerprint density at radius 2 is 0.744 bits per heavy atom. The van der Waals surface area contributed by atoms with Crippen molar-refractivity contribution in [2.24, 2.45) is 0 Å². The minimum atomic E-state index is -4.98. The smallest absolute Gasteiger partial charge is 0.308 e. The standard InChI is InChI=1S/C71H29F3N12/c1-81-50-15-19-53(49(27-50)39-80)45-13-22-66-57(30-45)58-31-46(54-18-10-42(36-77)26-62(54)83-3)14-23-67(58)86(66)69-33-63(84-4)59(70-60(71(72,73)74)6-5-7-61(70)82-2)32-68(69)85-64-20-11-43(51-16-8-40(34-75)24-47(51)37-78)28-55(64)56-29-44(12-21-65(56)85)52-17-9-41(35-76)25-48(52)38-79/h5-33H. The molecule has 0 aliphatic carbocycles. The lowest BCUT2D eigenvalue weighted by molar-refractivity contribution is -0.137. The van der Waals surface area contributed by atoms with Crippen molar-refractivity contribution in [1.29, 1.82) is 31.6 Å².